The summed E-state index contributed by atoms with van der Waals surface area (Å²) in [6.45, 7) is 3.77. The number of anilines is 1. The molecule has 8 heteroatoms. The van der Waals surface area contributed by atoms with Crippen LogP contribution in [-0.4, -0.2) is 52.8 Å². The van der Waals surface area contributed by atoms with Crippen molar-refractivity contribution in [2.75, 3.05) is 32.1 Å². The summed E-state index contributed by atoms with van der Waals surface area (Å²) in [6, 6.07) is 6.53. The molecular weight excluding hydrogens is 341 g/mol. The van der Waals surface area contributed by atoms with E-state index in [4.69, 9.17) is 0 Å². The number of thiazole rings is 1. The fourth-order valence-electron chi connectivity index (χ4n) is 2.39. The molecule has 0 spiro atoms. The van der Waals surface area contributed by atoms with Crippen LogP contribution >= 0.6 is 11.3 Å². The Morgan fingerprint density at radius 1 is 1.28 bits per heavy atom. The zero-order valence-electron chi connectivity index (χ0n) is 14.4. The number of fused-ring (bicyclic) bond motifs is 1. The van der Waals surface area contributed by atoms with Gasteiger partial charge in [0.1, 0.15) is 11.3 Å². The maximum Gasteiger partial charge on any atom is 0.280 e. The Balaban J connectivity index is 1.97. The number of rotatable bonds is 6. The van der Waals surface area contributed by atoms with Crippen LogP contribution in [0.15, 0.2) is 30.5 Å². The first-order valence-corrected chi connectivity index (χ1v) is 8.86. The van der Waals surface area contributed by atoms with Crippen molar-refractivity contribution in [2.45, 2.75) is 13.5 Å². The first-order chi connectivity index (χ1) is 12.0. The van der Waals surface area contributed by atoms with Crippen molar-refractivity contribution < 1.29 is 9.18 Å². The summed E-state index contributed by atoms with van der Waals surface area (Å²) in [5.41, 5.74) is 0.657. The second-order valence-electron chi connectivity index (χ2n) is 5.90. The molecule has 0 fully saturated rings. The first-order valence-electron chi connectivity index (χ1n) is 8.04. The fourth-order valence-corrected chi connectivity index (χ4v) is 3.40. The molecule has 0 unspecified atom stereocenters. The quantitative estimate of drug-likeness (QED) is 0.677. The van der Waals surface area contributed by atoms with Crippen LogP contribution < -0.4 is 4.90 Å². The van der Waals surface area contributed by atoms with Crippen molar-refractivity contribution in [3.63, 3.8) is 0 Å². The predicted molar refractivity (Wildman–Crippen MR) is 97.7 cm³/mol. The second kappa shape index (κ2) is 7.28. The molecule has 2 heterocycles. The maximum atomic E-state index is 14.0. The highest BCUT2D eigenvalue weighted by atomic mass is 32.1. The van der Waals surface area contributed by atoms with Gasteiger partial charge in [-0.15, -0.1) is 0 Å². The summed E-state index contributed by atoms with van der Waals surface area (Å²) < 4.78 is 16.4. The number of likely N-dealkylation sites (N-methyl/N-ethyl adjacent to an activating group) is 1. The molecule has 0 N–H and O–H groups in total. The van der Waals surface area contributed by atoms with Gasteiger partial charge >= 0.3 is 0 Å². The van der Waals surface area contributed by atoms with Crippen molar-refractivity contribution in [2.24, 2.45) is 0 Å². The summed E-state index contributed by atoms with van der Waals surface area (Å²) in [5.74, 6) is -0.608. The molecule has 0 bridgehead atoms. The number of benzene rings is 1. The molecule has 6 nitrogen and oxygen atoms in total. The number of aryl methyl sites for hydroxylation is 1. The van der Waals surface area contributed by atoms with Gasteiger partial charge in [-0.3, -0.25) is 14.4 Å². The fraction of sp³-hybridized carbons (Fsp3) is 0.353. The van der Waals surface area contributed by atoms with Crippen molar-refractivity contribution in [1.29, 1.82) is 0 Å². The van der Waals surface area contributed by atoms with E-state index in [1.807, 2.05) is 25.9 Å². The molecular formula is C17H20FN5OS. The van der Waals surface area contributed by atoms with Gasteiger partial charge in [0.2, 0.25) is 0 Å². The number of carbonyl (C=O) groups is 1. The summed E-state index contributed by atoms with van der Waals surface area (Å²) in [5, 5.41) is 4.77. The van der Waals surface area contributed by atoms with Gasteiger partial charge in [0.25, 0.3) is 5.91 Å². The minimum atomic E-state index is -0.379. The lowest BCUT2D eigenvalue weighted by Gasteiger charge is -2.21. The van der Waals surface area contributed by atoms with Crippen LogP contribution in [0.5, 0.6) is 0 Å². The lowest BCUT2D eigenvalue weighted by atomic mass is 10.3. The number of hydrogen-bond donors (Lipinski definition) is 0. The highest BCUT2D eigenvalue weighted by Crippen LogP contribution is 2.30. The number of carbonyl (C=O) groups excluding carboxylic acids is 1. The van der Waals surface area contributed by atoms with E-state index in [1.54, 1.807) is 34.0 Å². The number of halogens is 1. The summed E-state index contributed by atoms with van der Waals surface area (Å²) in [7, 11) is 3.87. The maximum absolute atomic E-state index is 14.0. The van der Waals surface area contributed by atoms with Crippen molar-refractivity contribution in [3.8, 4) is 0 Å². The third-order valence-electron chi connectivity index (χ3n) is 3.79. The number of hydrogen-bond acceptors (Lipinski definition) is 5. The summed E-state index contributed by atoms with van der Waals surface area (Å²) >= 11 is 1.31. The standard InChI is InChI=1S/C17H20FN5OS/c1-4-22-9-8-13(20-22)16(24)23(11-10-21(2)3)17-19-15-12(18)6-5-7-14(15)25-17/h5-9H,4,10-11H2,1-3H3. The first kappa shape index (κ1) is 17.5. The Hall–Kier alpha value is -2.32. The topological polar surface area (TPSA) is 54.3 Å². The molecule has 0 aliphatic rings. The minimum absolute atomic E-state index is 0.228. The van der Waals surface area contributed by atoms with Gasteiger partial charge in [0.05, 0.1) is 4.70 Å². The van der Waals surface area contributed by atoms with E-state index in [1.165, 1.54) is 17.4 Å². The average molecular weight is 361 g/mol. The molecule has 0 atom stereocenters. The van der Waals surface area contributed by atoms with Gasteiger partial charge in [-0.2, -0.15) is 5.10 Å². The third kappa shape index (κ3) is 3.69. The lowest BCUT2D eigenvalue weighted by molar-refractivity contribution is 0.0979. The van der Waals surface area contributed by atoms with E-state index in [0.717, 1.165) is 4.70 Å². The second-order valence-corrected chi connectivity index (χ2v) is 6.91. The van der Waals surface area contributed by atoms with Gasteiger partial charge in [0, 0.05) is 25.8 Å². The molecule has 3 aromatic rings. The van der Waals surface area contributed by atoms with E-state index in [9.17, 15) is 9.18 Å². The molecule has 0 aliphatic carbocycles. The van der Waals surface area contributed by atoms with Gasteiger partial charge in [0.15, 0.2) is 10.8 Å². The molecule has 25 heavy (non-hydrogen) atoms. The molecule has 132 valence electrons. The van der Waals surface area contributed by atoms with Crippen LogP contribution in [0.4, 0.5) is 9.52 Å². The van der Waals surface area contributed by atoms with E-state index in [0.29, 0.717) is 36.0 Å². The number of amides is 1. The Labute approximate surface area is 149 Å². The van der Waals surface area contributed by atoms with Gasteiger partial charge < -0.3 is 4.90 Å². The van der Waals surface area contributed by atoms with E-state index >= 15 is 0 Å². The molecule has 1 amide bonds. The zero-order chi connectivity index (χ0) is 18.0. The SMILES string of the molecule is CCn1ccc(C(=O)N(CCN(C)C)c2nc3c(F)cccc3s2)n1. The van der Waals surface area contributed by atoms with E-state index in [2.05, 4.69) is 10.1 Å². The molecule has 1 aromatic carbocycles. The Kier molecular flexibility index (Phi) is 5.10. The Morgan fingerprint density at radius 3 is 2.72 bits per heavy atom. The molecule has 0 radical (unpaired) electrons. The minimum Gasteiger partial charge on any atom is -0.308 e. The van der Waals surface area contributed by atoms with Crippen molar-refractivity contribution >= 4 is 32.6 Å². The van der Waals surface area contributed by atoms with Crippen LogP contribution in [-0.2, 0) is 6.54 Å². The van der Waals surface area contributed by atoms with Crippen LogP contribution in [0.1, 0.15) is 17.4 Å². The normalized spacial score (nSPS) is 11.4. The molecule has 2 aromatic heterocycles. The highest BCUT2D eigenvalue weighted by molar-refractivity contribution is 7.22. The number of aromatic nitrogens is 3. The Bertz CT molecular complexity index is 888. The molecule has 3 rings (SSSR count). The lowest BCUT2D eigenvalue weighted by Crippen LogP contribution is -2.37. The highest BCUT2D eigenvalue weighted by Gasteiger charge is 2.23. The smallest absolute Gasteiger partial charge is 0.280 e. The molecule has 0 saturated carbocycles. The monoisotopic (exact) mass is 361 g/mol. The summed E-state index contributed by atoms with van der Waals surface area (Å²) in [6.07, 6.45) is 1.77. The molecule has 0 aliphatic heterocycles. The number of nitrogens with zero attached hydrogens (tertiary/aromatic N) is 5. The van der Waals surface area contributed by atoms with Gasteiger partial charge in [-0.1, -0.05) is 17.4 Å². The van der Waals surface area contributed by atoms with Crippen LogP contribution in [0.25, 0.3) is 10.2 Å². The van der Waals surface area contributed by atoms with Crippen molar-refractivity contribution in [1.82, 2.24) is 19.7 Å². The third-order valence-corrected chi connectivity index (χ3v) is 4.83. The average Bonchev–Trinajstić information content (AvgIpc) is 3.22. The summed E-state index contributed by atoms with van der Waals surface area (Å²) in [4.78, 5) is 20.9. The molecule has 0 saturated heterocycles. The zero-order valence-corrected chi connectivity index (χ0v) is 15.3. The Morgan fingerprint density at radius 2 is 2.08 bits per heavy atom. The number of para-hydroxylation sites is 1. The van der Waals surface area contributed by atoms with Crippen molar-refractivity contribution in [3.05, 3.63) is 42.0 Å². The van der Waals surface area contributed by atoms with Crippen LogP contribution in [0.2, 0.25) is 0 Å². The van der Waals surface area contributed by atoms with Gasteiger partial charge in [-0.05, 0) is 39.2 Å². The largest absolute Gasteiger partial charge is 0.308 e. The van der Waals surface area contributed by atoms with Crippen LogP contribution in [0.3, 0.4) is 0 Å². The van der Waals surface area contributed by atoms with Gasteiger partial charge in [-0.25, -0.2) is 9.37 Å². The predicted octanol–water partition coefficient (Wildman–Crippen LogP) is 2.86. The van der Waals surface area contributed by atoms with Crippen LogP contribution in [0, 0.1) is 5.82 Å². The van der Waals surface area contributed by atoms with E-state index in [-0.39, 0.29) is 11.7 Å². The van der Waals surface area contributed by atoms with E-state index < -0.39 is 0 Å².